The smallest absolute Gasteiger partial charge is 0.256 e. The van der Waals surface area contributed by atoms with Crippen LogP contribution in [-0.4, -0.2) is 25.2 Å². The van der Waals surface area contributed by atoms with Gasteiger partial charge in [-0.2, -0.15) is 0 Å². The van der Waals surface area contributed by atoms with Crippen LogP contribution in [0.5, 0.6) is 5.75 Å². The summed E-state index contributed by atoms with van der Waals surface area (Å²) in [6.07, 6.45) is 3.93. The predicted molar refractivity (Wildman–Crippen MR) is 90.5 cm³/mol. The van der Waals surface area contributed by atoms with E-state index in [1.165, 1.54) is 0 Å². The standard InChI is InChI=1S/C18H29NO3/c1-6-8-9-12-18(4,21-5)17(20)19-15-10-11-16(22-7-2)14(3)13-15/h10-11,13H,6-9,12H2,1-5H3,(H,19,20)/t18-/m1/s1. The molecule has 4 heteroatoms. The van der Waals surface area contributed by atoms with E-state index in [9.17, 15) is 4.79 Å². The lowest BCUT2D eigenvalue weighted by atomic mass is 9.97. The molecule has 1 N–H and O–H groups in total. The Bertz CT molecular complexity index is 487. The number of carbonyl (C=O) groups excluding carboxylic acids is 1. The number of rotatable bonds is 9. The Kier molecular flexibility index (Phi) is 7.39. The largest absolute Gasteiger partial charge is 0.494 e. The molecule has 1 atom stereocenters. The number of aryl methyl sites for hydroxylation is 1. The van der Waals surface area contributed by atoms with E-state index < -0.39 is 5.60 Å². The Morgan fingerprint density at radius 1 is 1.27 bits per heavy atom. The van der Waals surface area contributed by atoms with E-state index in [-0.39, 0.29) is 5.91 Å². The molecule has 124 valence electrons. The number of carbonyl (C=O) groups is 1. The molecule has 0 spiro atoms. The van der Waals surface area contributed by atoms with Gasteiger partial charge in [0.25, 0.3) is 5.91 Å². The Morgan fingerprint density at radius 3 is 2.55 bits per heavy atom. The second-order valence-electron chi connectivity index (χ2n) is 5.76. The van der Waals surface area contributed by atoms with Crippen molar-refractivity contribution in [3.63, 3.8) is 0 Å². The summed E-state index contributed by atoms with van der Waals surface area (Å²) in [7, 11) is 1.59. The van der Waals surface area contributed by atoms with Crippen molar-refractivity contribution >= 4 is 11.6 Å². The van der Waals surface area contributed by atoms with Crippen molar-refractivity contribution in [2.75, 3.05) is 19.0 Å². The Labute approximate surface area is 134 Å². The third-order valence-electron chi connectivity index (χ3n) is 3.92. The van der Waals surface area contributed by atoms with E-state index in [1.54, 1.807) is 7.11 Å². The first kappa shape index (κ1) is 18.5. The van der Waals surface area contributed by atoms with Crippen molar-refractivity contribution in [1.82, 2.24) is 0 Å². The first-order chi connectivity index (χ1) is 10.5. The Hall–Kier alpha value is -1.55. The minimum Gasteiger partial charge on any atom is -0.494 e. The molecular weight excluding hydrogens is 278 g/mol. The van der Waals surface area contributed by atoms with E-state index in [2.05, 4.69) is 12.2 Å². The maximum absolute atomic E-state index is 12.5. The minimum absolute atomic E-state index is 0.102. The molecule has 0 unspecified atom stereocenters. The number of unbranched alkanes of at least 4 members (excludes halogenated alkanes) is 2. The highest BCUT2D eigenvalue weighted by atomic mass is 16.5. The summed E-state index contributed by atoms with van der Waals surface area (Å²) in [4.78, 5) is 12.5. The number of nitrogens with one attached hydrogen (secondary N) is 1. The summed E-state index contributed by atoms with van der Waals surface area (Å²) in [5, 5.41) is 2.95. The third kappa shape index (κ3) is 5.02. The van der Waals surface area contributed by atoms with Gasteiger partial charge in [0.1, 0.15) is 11.4 Å². The van der Waals surface area contributed by atoms with Crippen LogP contribution in [0.3, 0.4) is 0 Å². The van der Waals surface area contributed by atoms with Gasteiger partial charge in [-0.3, -0.25) is 4.79 Å². The van der Waals surface area contributed by atoms with Crippen LogP contribution in [0, 0.1) is 6.92 Å². The molecule has 1 amide bonds. The van der Waals surface area contributed by atoms with E-state index in [1.807, 2.05) is 39.0 Å². The summed E-state index contributed by atoms with van der Waals surface area (Å²) in [5.74, 6) is 0.743. The zero-order valence-electron chi connectivity index (χ0n) is 14.5. The average molecular weight is 307 g/mol. The summed E-state index contributed by atoms with van der Waals surface area (Å²) < 4.78 is 11.0. The number of amides is 1. The van der Waals surface area contributed by atoms with Crippen LogP contribution in [0.15, 0.2) is 18.2 Å². The van der Waals surface area contributed by atoms with Crippen LogP contribution in [0.25, 0.3) is 0 Å². The van der Waals surface area contributed by atoms with Gasteiger partial charge < -0.3 is 14.8 Å². The van der Waals surface area contributed by atoms with Gasteiger partial charge in [-0.25, -0.2) is 0 Å². The van der Waals surface area contributed by atoms with Gasteiger partial charge in [-0.05, 0) is 51.0 Å². The zero-order valence-corrected chi connectivity index (χ0v) is 14.5. The molecule has 22 heavy (non-hydrogen) atoms. The van der Waals surface area contributed by atoms with Crippen molar-refractivity contribution in [2.45, 2.75) is 59.0 Å². The number of hydrogen-bond donors (Lipinski definition) is 1. The van der Waals surface area contributed by atoms with Crippen LogP contribution in [-0.2, 0) is 9.53 Å². The zero-order chi connectivity index (χ0) is 16.6. The van der Waals surface area contributed by atoms with Crippen molar-refractivity contribution in [3.8, 4) is 5.75 Å². The molecule has 0 aliphatic heterocycles. The Morgan fingerprint density at radius 2 is 2.00 bits per heavy atom. The van der Waals surface area contributed by atoms with Crippen molar-refractivity contribution < 1.29 is 14.3 Å². The lowest BCUT2D eigenvalue weighted by Gasteiger charge is -2.27. The molecule has 0 saturated heterocycles. The molecule has 1 aromatic carbocycles. The molecule has 0 bridgehead atoms. The predicted octanol–water partition coefficient (Wildman–Crippen LogP) is 4.32. The van der Waals surface area contributed by atoms with Gasteiger partial charge >= 0.3 is 0 Å². The van der Waals surface area contributed by atoms with Crippen LogP contribution in [0.1, 0.15) is 52.0 Å². The van der Waals surface area contributed by atoms with Crippen LogP contribution < -0.4 is 10.1 Å². The molecule has 0 radical (unpaired) electrons. The highest BCUT2D eigenvalue weighted by Crippen LogP contribution is 2.25. The fourth-order valence-corrected chi connectivity index (χ4v) is 2.33. The van der Waals surface area contributed by atoms with Gasteiger partial charge in [0.15, 0.2) is 0 Å². The second kappa shape index (κ2) is 8.79. The fraction of sp³-hybridized carbons (Fsp3) is 0.611. The molecule has 4 nitrogen and oxygen atoms in total. The molecule has 0 saturated carbocycles. The Balaban J connectivity index is 2.75. The molecule has 0 aliphatic carbocycles. The normalized spacial score (nSPS) is 13.5. The fourth-order valence-electron chi connectivity index (χ4n) is 2.33. The number of ether oxygens (including phenoxy) is 2. The van der Waals surface area contributed by atoms with E-state index in [0.29, 0.717) is 6.61 Å². The van der Waals surface area contributed by atoms with Gasteiger partial charge in [-0.15, -0.1) is 0 Å². The molecule has 1 aromatic rings. The summed E-state index contributed by atoms with van der Waals surface area (Å²) >= 11 is 0. The van der Waals surface area contributed by atoms with E-state index in [4.69, 9.17) is 9.47 Å². The summed E-state index contributed by atoms with van der Waals surface area (Å²) in [5.41, 5.74) is 0.983. The molecule has 0 heterocycles. The molecule has 1 rings (SSSR count). The third-order valence-corrected chi connectivity index (χ3v) is 3.92. The lowest BCUT2D eigenvalue weighted by molar-refractivity contribution is -0.136. The second-order valence-corrected chi connectivity index (χ2v) is 5.76. The molecule has 0 aliphatic rings. The van der Waals surface area contributed by atoms with Gasteiger partial charge in [0, 0.05) is 12.8 Å². The van der Waals surface area contributed by atoms with E-state index in [0.717, 1.165) is 42.7 Å². The first-order valence-corrected chi connectivity index (χ1v) is 8.07. The molecule has 0 fully saturated rings. The highest BCUT2D eigenvalue weighted by molar-refractivity contribution is 5.97. The monoisotopic (exact) mass is 307 g/mol. The molecule has 0 aromatic heterocycles. The lowest BCUT2D eigenvalue weighted by Crippen LogP contribution is -2.41. The van der Waals surface area contributed by atoms with Crippen LogP contribution in [0.4, 0.5) is 5.69 Å². The van der Waals surface area contributed by atoms with E-state index >= 15 is 0 Å². The summed E-state index contributed by atoms with van der Waals surface area (Å²) in [6, 6.07) is 5.67. The van der Waals surface area contributed by atoms with Gasteiger partial charge in [0.05, 0.1) is 6.61 Å². The SMILES string of the molecule is CCCCC[C@@](C)(OC)C(=O)Nc1ccc(OCC)c(C)c1. The maximum Gasteiger partial charge on any atom is 0.256 e. The minimum atomic E-state index is -0.790. The number of hydrogen-bond acceptors (Lipinski definition) is 3. The van der Waals surface area contributed by atoms with Crippen LogP contribution >= 0.6 is 0 Å². The van der Waals surface area contributed by atoms with Crippen molar-refractivity contribution in [2.24, 2.45) is 0 Å². The maximum atomic E-state index is 12.5. The topological polar surface area (TPSA) is 47.6 Å². The summed E-state index contributed by atoms with van der Waals surface area (Å²) in [6.45, 7) is 8.55. The number of methoxy groups -OCH3 is 1. The first-order valence-electron chi connectivity index (χ1n) is 8.07. The van der Waals surface area contributed by atoms with Crippen LogP contribution in [0.2, 0.25) is 0 Å². The average Bonchev–Trinajstić information content (AvgIpc) is 2.50. The van der Waals surface area contributed by atoms with Crippen molar-refractivity contribution in [3.05, 3.63) is 23.8 Å². The van der Waals surface area contributed by atoms with Crippen molar-refractivity contribution in [1.29, 1.82) is 0 Å². The highest BCUT2D eigenvalue weighted by Gasteiger charge is 2.32. The van der Waals surface area contributed by atoms with Gasteiger partial charge in [-0.1, -0.05) is 26.2 Å². The quantitative estimate of drug-likeness (QED) is 0.691. The van der Waals surface area contributed by atoms with Gasteiger partial charge in [0.2, 0.25) is 0 Å². The number of anilines is 1. The number of benzene rings is 1. The molecular formula is C18H29NO3.